The molecule has 0 amide bonds. The van der Waals surface area contributed by atoms with Gasteiger partial charge in [-0.2, -0.15) is 18.3 Å². The minimum atomic E-state index is -4.49. The van der Waals surface area contributed by atoms with Gasteiger partial charge in [0.25, 0.3) is 0 Å². The first-order chi connectivity index (χ1) is 7.48. The third-order valence-electron chi connectivity index (χ3n) is 2.59. The van der Waals surface area contributed by atoms with Crippen LogP contribution in [0.3, 0.4) is 0 Å². The Bertz CT molecular complexity index is 369. The number of nitrogens with zero attached hydrogens (tertiary/aromatic N) is 2. The molecule has 1 saturated heterocycles. The van der Waals surface area contributed by atoms with E-state index in [4.69, 9.17) is 10.5 Å². The Morgan fingerprint density at radius 1 is 1.38 bits per heavy atom. The van der Waals surface area contributed by atoms with Crippen molar-refractivity contribution >= 4 is 5.69 Å². The highest BCUT2D eigenvalue weighted by molar-refractivity contribution is 5.42. The first kappa shape index (κ1) is 11.3. The summed E-state index contributed by atoms with van der Waals surface area (Å²) in [5.41, 5.74) is 3.98. The minimum absolute atomic E-state index is 0.0489. The first-order valence-electron chi connectivity index (χ1n) is 4.98. The molecule has 1 aromatic heterocycles. The lowest BCUT2D eigenvalue weighted by Crippen LogP contribution is -2.20. The van der Waals surface area contributed by atoms with Crippen LogP contribution in [0.1, 0.15) is 24.6 Å². The van der Waals surface area contributed by atoms with Crippen LogP contribution in [0.5, 0.6) is 0 Å². The van der Waals surface area contributed by atoms with Crippen LogP contribution in [0.4, 0.5) is 18.9 Å². The van der Waals surface area contributed by atoms with Gasteiger partial charge in [-0.1, -0.05) is 0 Å². The lowest BCUT2D eigenvalue weighted by Gasteiger charge is -2.22. The summed E-state index contributed by atoms with van der Waals surface area (Å²) in [6.07, 6.45) is -1.91. The molecule has 1 aromatic rings. The summed E-state index contributed by atoms with van der Waals surface area (Å²) in [5, 5.41) is 3.52. The molecule has 16 heavy (non-hydrogen) atoms. The maximum atomic E-state index is 12.4. The second-order valence-electron chi connectivity index (χ2n) is 3.75. The van der Waals surface area contributed by atoms with Crippen molar-refractivity contribution in [2.24, 2.45) is 0 Å². The van der Waals surface area contributed by atoms with E-state index in [0.717, 1.165) is 0 Å². The largest absolute Gasteiger partial charge is 0.437 e. The molecule has 0 radical (unpaired) electrons. The van der Waals surface area contributed by atoms with E-state index < -0.39 is 11.9 Å². The molecule has 0 spiro atoms. The third-order valence-corrected chi connectivity index (χ3v) is 2.59. The van der Waals surface area contributed by atoms with E-state index in [0.29, 0.717) is 26.1 Å². The molecule has 0 atom stereocenters. The summed E-state index contributed by atoms with van der Waals surface area (Å²) in [6, 6.07) is -0.0489. The number of nitrogens with two attached hydrogens (primary N) is 1. The molecule has 1 fully saturated rings. The normalized spacial score (nSPS) is 18.9. The molecule has 1 aliphatic heterocycles. The van der Waals surface area contributed by atoms with Gasteiger partial charge in [0.2, 0.25) is 0 Å². The molecule has 2 N–H and O–H groups in total. The maximum absolute atomic E-state index is 12.4. The van der Waals surface area contributed by atoms with E-state index in [9.17, 15) is 13.2 Å². The highest BCUT2D eigenvalue weighted by Crippen LogP contribution is 2.33. The quantitative estimate of drug-likeness (QED) is 0.808. The maximum Gasteiger partial charge on any atom is 0.437 e. The average molecular weight is 235 g/mol. The fraction of sp³-hybridized carbons (Fsp3) is 0.667. The Kier molecular flexibility index (Phi) is 2.79. The summed E-state index contributed by atoms with van der Waals surface area (Å²) in [5.74, 6) is 0. The Morgan fingerprint density at radius 2 is 2.00 bits per heavy atom. The molecule has 2 heterocycles. The molecule has 0 aromatic carbocycles. The fourth-order valence-electron chi connectivity index (χ4n) is 1.76. The SMILES string of the molecule is Nc1cn(C2CCOCC2)nc1C(F)(F)F. The number of hydrogen-bond donors (Lipinski definition) is 1. The van der Waals surface area contributed by atoms with Gasteiger partial charge in [-0.25, -0.2) is 0 Å². The van der Waals surface area contributed by atoms with Gasteiger partial charge >= 0.3 is 6.18 Å². The van der Waals surface area contributed by atoms with Crippen LogP contribution < -0.4 is 5.73 Å². The van der Waals surface area contributed by atoms with E-state index in [1.807, 2.05) is 0 Å². The zero-order valence-electron chi connectivity index (χ0n) is 8.50. The number of alkyl halides is 3. The summed E-state index contributed by atoms with van der Waals surface area (Å²) >= 11 is 0. The highest BCUT2D eigenvalue weighted by atomic mass is 19.4. The van der Waals surface area contributed by atoms with Crippen molar-refractivity contribution in [2.75, 3.05) is 18.9 Å². The van der Waals surface area contributed by atoms with E-state index in [2.05, 4.69) is 5.10 Å². The highest BCUT2D eigenvalue weighted by Gasteiger charge is 2.37. The topological polar surface area (TPSA) is 53.1 Å². The number of ether oxygens (including phenoxy) is 1. The van der Waals surface area contributed by atoms with Gasteiger partial charge in [-0.05, 0) is 12.8 Å². The van der Waals surface area contributed by atoms with Gasteiger partial charge in [0.05, 0.1) is 11.7 Å². The lowest BCUT2D eigenvalue weighted by atomic mass is 10.1. The van der Waals surface area contributed by atoms with Crippen LogP contribution in [-0.2, 0) is 10.9 Å². The van der Waals surface area contributed by atoms with Gasteiger partial charge in [-0.15, -0.1) is 0 Å². The number of anilines is 1. The molecule has 4 nitrogen and oxygen atoms in total. The van der Waals surface area contributed by atoms with Crippen molar-refractivity contribution in [2.45, 2.75) is 25.1 Å². The van der Waals surface area contributed by atoms with Gasteiger partial charge < -0.3 is 10.5 Å². The van der Waals surface area contributed by atoms with Gasteiger partial charge in [-0.3, -0.25) is 4.68 Å². The summed E-state index contributed by atoms with van der Waals surface area (Å²) in [7, 11) is 0. The molecule has 1 aliphatic rings. The molecular weight excluding hydrogens is 223 g/mol. The van der Waals surface area contributed by atoms with Crippen LogP contribution in [0, 0.1) is 0 Å². The molecule has 2 rings (SSSR count). The minimum Gasteiger partial charge on any atom is -0.396 e. The van der Waals surface area contributed by atoms with Gasteiger partial charge in [0.15, 0.2) is 5.69 Å². The molecular formula is C9H12F3N3O. The number of hydrogen-bond acceptors (Lipinski definition) is 3. The Balaban J connectivity index is 2.23. The smallest absolute Gasteiger partial charge is 0.396 e. The van der Waals surface area contributed by atoms with E-state index in [1.165, 1.54) is 10.9 Å². The predicted molar refractivity (Wildman–Crippen MR) is 50.7 cm³/mol. The number of halogens is 3. The van der Waals surface area contributed by atoms with E-state index in [-0.39, 0.29) is 11.7 Å². The first-order valence-corrected chi connectivity index (χ1v) is 4.98. The lowest BCUT2D eigenvalue weighted by molar-refractivity contribution is -0.141. The molecule has 90 valence electrons. The van der Waals surface area contributed by atoms with Crippen LogP contribution in [-0.4, -0.2) is 23.0 Å². The van der Waals surface area contributed by atoms with Gasteiger partial charge in [0, 0.05) is 19.4 Å². The number of aromatic nitrogens is 2. The summed E-state index contributed by atoms with van der Waals surface area (Å²) in [6.45, 7) is 1.09. The molecule has 0 bridgehead atoms. The van der Waals surface area contributed by atoms with Crippen molar-refractivity contribution in [3.8, 4) is 0 Å². The Morgan fingerprint density at radius 3 is 2.50 bits per heavy atom. The predicted octanol–water partition coefficient (Wildman–Crippen LogP) is 1.84. The standard InChI is InChI=1S/C9H12F3N3O/c10-9(11,12)8-7(13)5-15(14-8)6-1-3-16-4-2-6/h5-6H,1-4,13H2. The summed E-state index contributed by atoms with van der Waals surface area (Å²) < 4.78 is 43.8. The van der Waals surface area contributed by atoms with Crippen molar-refractivity contribution in [3.63, 3.8) is 0 Å². The monoisotopic (exact) mass is 235 g/mol. The molecule has 0 unspecified atom stereocenters. The zero-order chi connectivity index (χ0) is 11.8. The Labute approximate surface area is 90.2 Å². The average Bonchev–Trinajstić information content (AvgIpc) is 2.61. The van der Waals surface area contributed by atoms with Crippen LogP contribution in [0.15, 0.2) is 6.20 Å². The van der Waals surface area contributed by atoms with Crippen LogP contribution in [0.25, 0.3) is 0 Å². The van der Waals surface area contributed by atoms with Gasteiger partial charge in [0.1, 0.15) is 0 Å². The third kappa shape index (κ3) is 2.13. The zero-order valence-corrected chi connectivity index (χ0v) is 8.50. The second-order valence-corrected chi connectivity index (χ2v) is 3.75. The van der Waals surface area contributed by atoms with Crippen LogP contribution in [0.2, 0.25) is 0 Å². The number of rotatable bonds is 1. The number of nitrogen functional groups attached to an aromatic ring is 1. The van der Waals surface area contributed by atoms with E-state index in [1.54, 1.807) is 0 Å². The summed E-state index contributed by atoms with van der Waals surface area (Å²) in [4.78, 5) is 0. The molecule has 0 aliphatic carbocycles. The molecule has 7 heteroatoms. The van der Waals surface area contributed by atoms with Crippen LogP contribution >= 0.6 is 0 Å². The molecule has 0 saturated carbocycles. The Hall–Kier alpha value is -1.24. The van der Waals surface area contributed by atoms with E-state index >= 15 is 0 Å². The van der Waals surface area contributed by atoms with Crippen molar-refractivity contribution in [3.05, 3.63) is 11.9 Å². The van der Waals surface area contributed by atoms with Crippen molar-refractivity contribution < 1.29 is 17.9 Å². The second kappa shape index (κ2) is 3.97. The fourth-order valence-corrected chi connectivity index (χ4v) is 1.76. The van der Waals surface area contributed by atoms with Crippen molar-refractivity contribution in [1.29, 1.82) is 0 Å². The van der Waals surface area contributed by atoms with Crippen molar-refractivity contribution in [1.82, 2.24) is 9.78 Å².